The van der Waals surface area contributed by atoms with Gasteiger partial charge in [0.1, 0.15) is 5.75 Å². The van der Waals surface area contributed by atoms with Crippen LogP contribution in [-0.4, -0.2) is 31.9 Å². The standard InChI is InChI=1S/C18H18O4S/c1-20-14-5-2-4-13(10-14)16(19)12-23-15-6-7-17-18(11-15)22-9-3-8-21-17/h2,4-7,10-11H,3,8-9,12H2,1H3. The third kappa shape index (κ3) is 3.99. The zero-order chi connectivity index (χ0) is 16.1. The summed E-state index contributed by atoms with van der Waals surface area (Å²) in [7, 11) is 1.59. The molecule has 0 N–H and O–H groups in total. The Morgan fingerprint density at radius 1 is 1.13 bits per heavy atom. The highest BCUT2D eigenvalue weighted by molar-refractivity contribution is 8.00. The minimum atomic E-state index is 0.0704. The van der Waals surface area contributed by atoms with Gasteiger partial charge < -0.3 is 14.2 Å². The third-order valence-electron chi connectivity index (χ3n) is 3.48. The highest BCUT2D eigenvalue weighted by Gasteiger charge is 2.12. The van der Waals surface area contributed by atoms with Crippen LogP contribution < -0.4 is 14.2 Å². The first-order valence-electron chi connectivity index (χ1n) is 7.46. The predicted molar refractivity (Wildman–Crippen MR) is 90.1 cm³/mol. The lowest BCUT2D eigenvalue weighted by molar-refractivity contribution is 0.102. The second-order valence-corrected chi connectivity index (χ2v) is 6.15. The summed E-state index contributed by atoms with van der Waals surface area (Å²) in [6, 6.07) is 13.0. The van der Waals surface area contributed by atoms with Crippen molar-refractivity contribution >= 4 is 17.5 Å². The normalized spacial score (nSPS) is 13.3. The maximum absolute atomic E-state index is 12.3. The Kier molecular flexibility index (Phi) is 5.08. The topological polar surface area (TPSA) is 44.8 Å². The van der Waals surface area contributed by atoms with Gasteiger partial charge in [-0.15, -0.1) is 11.8 Å². The van der Waals surface area contributed by atoms with Crippen molar-refractivity contribution in [3.63, 3.8) is 0 Å². The van der Waals surface area contributed by atoms with Crippen LogP contribution in [-0.2, 0) is 0 Å². The van der Waals surface area contributed by atoms with Crippen LogP contribution in [0.15, 0.2) is 47.4 Å². The fraction of sp³-hybridized carbons (Fsp3) is 0.278. The molecule has 0 amide bonds. The molecule has 2 aromatic carbocycles. The molecule has 1 aliphatic rings. The van der Waals surface area contributed by atoms with Crippen molar-refractivity contribution in [3.05, 3.63) is 48.0 Å². The SMILES string of the molecule is COc1cccc(C(=O)CSc2ccc3c(c2)OCCCO3)c1. The number of carbonyl (C=O) groups is 1. The highest BCUT2D eigenvalue weighted by atomic mass is 32.2. The van der Waals surface area contributed by atoms with Gasteiger partial charge in [0, 0.05) is 16.9 Å². The molecule has 0 aliphatic carbocycles. The molecule has 0 saturated heterocycles. The van der Waals surface area contributed by atoms with E-state index in [0.717, 1.165) is 22.8 Å². The minimum Gasteiger partial charge on any atom is -0.497 e. The Bertz CT molecular complexity index is 699. The van der Waals surface area contributed by atoms with E-state index in [9.17, 15) is 4.79 Å². The number of rotatable bonds is 5. The largest absolute Gasteiger partial charge is 0.497 e. The Morgan fingerprint density at radius 2 is 1.96 bits per heavy atom. The number of methoxy groups -OCH3 is 1. The van der Waals surface area contributed by atoms with E-state index in [2.05, 4.69) is 0 Å². The van der Waals surface area contributed by atoms with E-state index < -0.39 is 0 Å². The van der Waals surface area contributed by atoms with Crippen LogP contribution in [0.5, 0.6) is 17.2 Å². The van der Waals surface area contributed by atoms with Crippen molar-refractivity contribution in [2.45, 2.75) is 11.3 Å². The van der Waals surface area contributed by atoms with Crippen molar-refractivity contribution in [1.29, 1.82) is 0 Å². The summed E-state index contributed by atoms with van der Waals surface area (Å²) in [6.45, 7) is 1.33. The van der Waals surface area contributed by atoms with E-state index in [1.54, 1.807) is 19.2 Å². The Morgan fingerprint density at radius 3 is 2.78 bits per heavy atom. The molecule has 0 saturated carbocycles. The van der Waals surface area contributed by atoms with E-state index in [-0.39, 0.29) is 5.78 Å². The van der Waals surface area contributed by atoms with E-state index in [1.165, 1.54) is 11.8 Å². The van der Waals surface area contributed by atoms with Gasteiger partial charge in [0.05, 0.1) is 26.1 Å². The van der Waals surface area contributed by atoms with E-state index >= 15 is 0 Å². The lowest BCUT2D eigenvalue weighted by Crippen LogP contribution is -2.02. The zero-order valence-electron chi connectivity index (χ0n) is 12.9. The first-order chi connectivity index (χ1) is 11.3. The maximum atomic E-state index is 12.3. The van der Waals surface area contributed by atoms with Gasteiger partial charge in [-0.05, 0) is 30.3 Å². The molecule has 120 valence electrons. The number of benzene rings is 2. The molecule has 0 spiro atoms. The van der Waals surface area contributed by atoms with Crippen LogP contribution in [0.25, 0.3) is 0 Å². The average molecular weight is 330 g/mol. The third-order valence-corrected chi connectivity index (χ3v) is 4.47. The van der Waals surface area contributed by atoms with Crippen LogP contribution >= 0.6 is 11.8 Å². The van der Waals surface area contributed by atoms with Crippen molar-refractivity contribution < 1.29 is 19.0 Å². The molecular formula is C18H18O4S. The van der Waals surface area contributed by atoms with Gasteiger partial charge in [-0.3, -0.25) is 4.79 Å². The molecule has 1 heterocycles. The highest BCUT2D eigenvalue weighted by Crippen LogP contribution is 2.34. The van der Waals surface area contributed by atoms with Crippen LogP contribution in [0.3, 0.4) is 0 Å². The van der Waals surface area contributed by atoms with Crippen LogP contribution in [0.1, 0.15) is 16.8 Å². The van der Waals surface area contributed by atoms with Crippen molar-refractivity contribution in [1.82, 2.24) is 0 Å². The van der Waals surface area contributed by atoms with Crippen LogP contribution in [0.4, 0.5) is 0 Å². The fourth-order valence-electron chi connectivity index (χ4n) is 2.26. The Hall–Kier alpha value is -2.14. The molecule has 0 bridgehead atoms. The number of thioether (sulfide) groups is 1. The molecule has 0 aromatic heterocycles. The Labute approximate surface area is 139 Å². The monoisotopic (exact) mass is 330 g/mol. The maximum Gasteiger partial charge on any atom is 0.173 e. The van der Waals surface area contributed by atoms with E-state index in [4.69, 9.17) is 14.2 Å². The molecule has 23 heavy (non-hydrogen) atoms. The van der Waals surface area contributed by atoms with E-state index in [1.807, 2.05) is 30.3 Å². The van der Waals surface area contributed by atoms with Crippen LogP contribution in [0.2, 0.25) is 0 Å². The Balaban J connectivity index is 1.65. The molecule has 1 aliphatic heterocycles. The molecule has 0 radical (unpaired) electrons. The summed E-state index contributed by atoms with van der Waals surface area (Å²) < 4.78 is 16.4. The van der Waals surface area contributed by atoms with Gasteiger partial charge in [0.25, 0.3) is 0 Å². The van der Waals surface area contributed by atoms with E-state index in [0.29, 0.717) is 30.3 Å². The number of Topliss-reactive ketones (excluding diaryl/α,β-unsaturated/α-hetero) is 1. The first-order valence-corrected chi connectivity index (χ1v) is 8.44. The minimum absolute atomic E-state index is 0.0704. The smallest absolute Gasteiger partial charge is 0.173 e. The quantitative estimate of drug-likeness (QED) is 0.616. The number of ketones is 1. The summed E-state index contributed by atoms with van der Waals surface area (Å²) in [4.78, 5) is 13.3. The number of hydrogen-bond donors (Lipinski definition) is 0. The summed E-state index contributed by atoms with van der Waals surface area (Å²) in [6.07, 6.45) is 0.880. The van der Waals surface area contributed by atoms with Gasteiger partial charge in [0.15, 0.2) is 17.3 Å². The molecule has 4 nitrogen and oxygen atoms in total. The number of fused-ring (bicyclic) bond motifs is 1. The van der Waals surface area contributed by atoms with Crippen LogP contribution in [0, 0.1) is 0 Å². The van der Waals surface area contributed by atoms with Gasteiger partial charge >= 0.3 is 0 Å². The number of hydrogen-bond acceptors (Lipinski definition) is 5. The van der Waals surface area contributed by atoms with Crippen molar-refractivity contribution in [2.75, 3.05) is 26.1 Å². The summed E-state index contributed by atoms with van der Waals surface area (Å²) in [5.41, 5.74) is 0.659. The van der Waals surface area contributed by atoms with Crippen molar-refractivity contribution in [3.8, 4) is 17.2 Å². The lowest BCUT2D eigenvalue weighted by Gasteiger charge is -2.09. The molecule has 3 rings (SSSR count). The first kappa shape index (κ1) is 15.7. The van der Waals surface area contributed by atoms with Gasteiger partial charge in [-0.2, -0.15) is 0 Å². The molecular weight excluding hydrogens is 312 g/mol. The molecule has 0 fully saturated rings. The summed E-state index contributed by atoms with van der Waals surface area (Å²) >= 11 is 1.49. The van der Waals surface area contributed by atoms with Gasteiger partial charge in [0.2, 0.25) is 0 Å². The predicted octanol–water partition coefficient (Wildman–Crippen LogP) is 3.83. The second-order valence-electron chi connectivity index (χ2n) is 5.10. The average Bonchev–Trinajstić information content (AvgIpc) is 2.84. The summed E-state index contributed by atoms with van der Waals surface area (Å²) in [5.74, 6) is 2.65. The number of carbonyl (C=O) groups excluding carboxylic acids is 1. The van der Waals surface area contributed by atoms with Gasteiger partial charge in [-0.25, -0.2) is 0 Å². The molecule has 2 aromatic rings. The summed E-state index contributed by atoms with van der Waals surface area (Å²) in [5, 5.41) is 0. The van der Waals surface area contributed by atoms with Gasteiger partial charge in [-0.1, -0.05) is 12.1 Å². The molecule has 0 unspecified atom stereocenters. The van der Waals surface area contributed by atoms with Crippen molar-refractivity contribution in [2.24, 2.45) is 0 Å². The number of ether oxygens (including phenoxy) is 3. The lowest BCUT2D eigenvalue weighted by atomic mass is 10.1. The molecule has 5 heteroatoms. The molecule has 0 atom stereocenters. The zero-order valence-corrected chi connectivity index (χ0v) is 13.7. The second kappa shape index (κ2) is 7.42. The fourth-order valence-corrected chi connectivity index (χ4v) is 3.08.